The van der Waals surface area contributed by atoms with Crippen LogP contribution >= 0.6 is 11.6 Å². The van der Waals surface area contributed by atoms with Gasteiger partial charge in [0.05, 0.1) is 5.82 Å². The summed E-state index contributed by atoms with van der Waals surface area (Å²) in [6.07, 6.45) is 0.916. The minimum atomic E-state index is -2.62. The van der Waals surface area contributed by atoms with E-state index in [1.807, 2.05) is 0 Å². The second kappa shape index (κ2) is 6.10. The first-order chi connectivity index (χ1) is 8.69. The first-order valence-electron chi connectivity index (χ1n) is 5.71. The summed E-state index contributed by atoms with van der Waals surface area (Å²) in [5.41, 5.74) is 16.3. The highest BCUT2D eigenvalue weighted by atomic mass is 35.5. The smallest absolute Gasteiger partial charge is 0.248 e. The number of hydrogen-bond donors (Lipinski definition) is 4. The molecule has 1 saturated carbocycles. The number of carbonyl (C=O) groups is 1. The van der Waals surface area contributed by atoms with Gasteiger partial charge in [0.1, 0.15) is 5.16 Å². The van der Waals surface area contributed by atoms with E-state index in [0.29, 0.717) is 5.57 Å². The molecule has 1 aliphatic rings. The van der Waals surface area contributed by atoms with Gasteiger partial charge in [0, 0.05) is 31.4 Å². The summed E-state index contributed by atoms with van der Waals surface area (Å²) in [5.74, 6) is -3.22. The Labute approximate surface area is 114 Å². The molecule has 0 aromatic rings. The predicted octanol–water partition coefficient (Wildman–Crippen LogP) is 0.706. The second-order valence-electron chi connectivity index (χ2n) is 4.63. The molecule has 0 aromatic carbocycles. The van der Waals surface area contributed by atoms with Gasteiger partial charge in [-0.15, -0.1) is 0 Å². The summed E-state index contributed by atoms with van der Waals surface area (Å²) in [4.78, 5) is 11.5. The van der Waals surface area contributed by atoms with Crippen LogP contribution in [-0.4, -0.2) is 18.4 Å². The van der Waals surface area contributed by atoms with Gasteiger partial charge >= 0.3 is 0 Å². The van der Waals surface area contributed by atoms with Crippen LogP contribution in [0.25, 0.3) is 0 Å². The first kappa shape index (κ1) is 15.6. The molecule has 0 radical (unpaired) electrons. The average Bonchev–Trinajstić information content (AvgIpc) is 2.20. The normalized spacial score (nSPS) is 19.1. The Morgan fingerprint density at radius 1 is 1.37 bits per heavy atom. The van der Waals surface area contributed by atoms with Gasteiger partial charge in [0.2, 0.25) is 11.8 Å². The van der Waals surface area contributed by atoms with E-state index < -0.39 is 5.92 Å². The summed E-state index contributed by atoms with van der Waals surface area (Å²) in [6.45, 7) is 0.0508. The Kier molecular flexibility index (Phi) is 4.99. The van der Waals surface area contributed by atoms with E-state index in [4.69, 9.17) is 28.8 Å². The van der Waals surface area contributed by atoms with Gasteiger partial charge in [-0.25, -0.2) is 8.78 Å². The van der Waals surface area contributed by atoms with Crippen LogP contribution in [0.2, 0.25) is 0 Å². The van der Waals surface area contributed by atoms with Gasteiger partial charge in [-0.3, -0.25) is 4.79 Å². The summed E-state index contributed by atoms with van der Waals surface area (Å²) >= 11 is 5.60. The highest BCUT2D eigenvalue weighted by Gasteiger charge is 2.45. The minimum absolute atomic E-state index is 0.00600. The SMILES string of the molecule is NC(N)=C/C(CNC(=O)CC1CC(F)(F)C1)=C(\N)Cl. The Hall–Kier alpha value is -1.50. The van der Waals surface area contributed by atoms with E-state index in [9.17, 15) is 13.6 Å². The zero-order valence-electron chi connectivity index (χ0n) is 10.3. The van der Waals surface area contributed by atoms with Crippen LogP contribution in [0.15, 0.2) is 22.6 Å². The highest BCUT2D eigenvalue weighted by molar-refractivity contribution is 6.29. The molecular formula is C11H17ClF2N4O. The van der Waals surface area contributed by atoms with E-state index in [0.717, 1.165) is 0 Å². The van der Waals surface area contributed by atoms with Crippen molar-refractivity contribution >= 4 is 17.5 Å². The number of nitrogens with one attached hydrogen (secondary N) is 1. The van der Waals surface area contributed by atoms with Gasteiger partial charge < -0.3 is 22.5 Å². The lowest BCUT2D eigenvalue weighted by molar-refractivity contribution is -0.133. The molecule has 0 heterocycles. The monoisotopic (exact) mass is 294 g/mol. The molecule has 0 aliphatic heterocycles. The van der Waals surface area contributed by atoms with Crippen LogP contribution in [0.3, 0.4) is 0 Å². The maximum absolute atomic E-state index is 12.6. The molecule has 1 amide bonds. The van der Waals surface area contributed by atoms with Crippen molar-refractivity contribution in [3.8, 4) is 0 Å². The van der Waals surface area contributed by atoms with Crippen molar-refractivity contribution in [1.29, 1.82) is 0 Å². The second-order valence-corrected chi connectivity index (χ2v) is 5.04. The van der Waals surface area contributed by atoms with Crippen molar-refractivity contribution in [2.75, 3.05) is 6.54 Å². The van der Waals surface area contributed by atoms with Crippen molar-refractivity contribution in [3.05, 3.63) is 22.6 Å². The fraction of sp³-hybridized carbons (Fsp3) is 0.545. The maximum atomic E-state index is 12.6. The van der Waals surface area contributed by atoms with Crippen molar-refractivity contribution in [3.63, 3.8) is 0 Å². The Bertz CT molecular complexity index is 407. The number of nitrogens with two attached hydrogens (primary N) is 3. The molecule has 0 aromatic heterocycles. The lowest BCUT2D eigenvalue weighted by Gasteiger charge is -2.34. The number of rotatable bonds is 5. The van der Waals surface area contributed by atoms with E-state index in [1.165, 1.54) is 6.08 Å². The predicted molar refractivity (Wildman–Crippen MR) is 68.8 cm³/mol. The fourth-order valence-corrected chi connectivity index (χ4v) is 1.98. The molecule has 0 unspecified atom stereocenters. The van der Waals surface area contributed by atoms with Crippen LogP contribution in [0.5, 0.6) is 0 Å². The molecule has 8 heteroatoms. The van der Waals surface area contributed by atoms with Crippen LogP contribution in [0.4, 0.5) is 8.78 Å². The number of hydrogen-bond acceptors (Lipinski definition) is 4. The van der Waals surface area contributed by atoms with Crippen LogP contribution in [-0.2, 0) is 4.79 Å². The van der Waals surface area contributed by atoms with Crippen molar-refractivity contribution < 1.29 is 13.6 Å². The molecule has 0 spiro atoms. The number of alkyl halides is 2. The molecule has 1 fully saturated rings. The first-order valence-corrected chi connectivity index (χ1v) is 6.08. The van der Waals surface area contributed by atoms with E-state index >= 15 is 0 Å². The number of halogens is 3. The summed E-state index contributed by atoms with van der Waals surface area (Å²) in [7, 11) is 0. The van der Waals surface area contributed by atoms with Crippen LogP contribution in [0.1, 0.15) is 19.3 Å². The lowest BCUT2D eigenvalue weighted by Crippen LogP contribution is -2.39. The van der Waals surface area contributed by atoms with E-state index in [1.54, 1.807) is 0 Å². The van der Waals surface area contributed by atoms with Crippen LogP contribution in [0, 0.1) is 5.92 Å². The molecule has 0 atom stereocenters. The molecular weight excluding hydrogens is 278 g/mol. The van der Waals surface area contributed by atoms with Crippen molar-refractivity contribution in [1.82, 2.24) is 5.32 Å². The van der Waals surface area contributed by atoms with Gasteiger partial charge in [-0.2, -0.15) is 0 Å². The molecule has 7 N–H and O–H groups in total. The largest absolute Gasteiger partial charge is 0.389 e. The zero-order valence-corrected chi connectivity index (χ0v) is 11.0. The third-order valence-electron chi connectivity index (χ3n) is 2.77. The molecule has 19 heavy (non-hydrogen) atoms. The molecule has 108 valence electrons. The van der Waals surface area contributed by atoms with Gasteiger partial charge in [-0.05, 0) is 12.0 Å². The summed E-state index contributed by atoms with van der Waals surface area (Å²) in [6, 6.07) is 0. The third-order valence-corrected chi connectivity index (χ3v) is 3.02. The molecule has 1 aliphatic carbocycles. The highest BCUT2D eigenvalue weighted by Crippen LogP contribution is 2.43. The fourth-order valence-electron chi connectivity index (χ4n) is 1.86. The Balaban J connectivity index is 2.38. The topological polar surface area (TPSA) is 107 Å². The maximum Gasteiger partial charge on any atom is 0.248 e. The number of carbonyl (C=O) groups excluding carboxylic acids is 1. The molecule has 1 rings (SSSR count). The van der Waals surface area contributed by atoms with Crippen LogP contribution < -0.4 is 22.5 Å². The van der Waals surface area contributed by atoms with E-state index in [-0.39, 0.29) is 48.6 Å². The minimum Gasteiger partial charge on any atom is -0.389 e. The average molecular weight is 295 g/mol. The molecule has 5 nitrogen and oxygen atoms in total. The van der Waals surface area contributed by atoms with Gasteiger partial charge in [0.15, 0.2) is 0 Å². The van der Waals surface area contributed by atoms with Crippen molar-refractivity contribution in [2.24, 2.45) is 23.1 Å². The van der Waals surface area contributed by atoms with Gasteiger partial charge in [-0.1, -0.05) is 11.6 Å². The zero-order chi connectivity index (χ0) is 14.6. The quantitative estimate of drug-likeness (QED) is 0.442. The van der Waals surface area contributed by atoms with Crippen molar-refractivity contribution in [2.45, 2.75) is 25.2 Å². The summed E-state index contributed by atoms with van der Waals surface area (Å²) in [5, 5.41) is 2.50. The molecule has 0 bridgehead atoms. The lowest BCUT2D eigenvalue weighted by atomic mass is 9.79. The molecule has 0 saturated heterocycles. The number of amides is 1. The van der Waals surface area contributed by atoms with Gasteiger partial charge in [0.25, 0.3) is 0 Å². The van der Waals surface area contributed by atoms with E-state index in [2.05, 4.69) is 5.32 Å². The summed E-state index contributed by atoms with van der Waals surface area (Å²) < 4.78 is 25.2. The standard InChI is InChI=1S/C11H17ClF2N4O/c12-10(17)7(2-8(15)16)5-18-9(19)1-6-3-11(13,14)4-6/h2,6H,1,3-5,15-17H2,(H,18,19)/b10-7+. The third kappa shape index (κ3) is 5.34. The Morgan fingerprint density at radius 2 is 1.95 bits per heavy atom. The Morgan fingerprint density at radius 3 is 2.37 bits per heavy atom.